The summed E-state index contributed by atoms with van der Waals surface area (Å²) >= 11 is 0. The molecule has 298 valence electrons. The Balaban J connectivity index is 1.27. The summed E-state index contributed by atoms with van der Waals surface area (Å²) in [6.07, 6.45) is 3.07. The van der Waals surface area contributed by atoms with E-state index in [2.05, 4.69) is 30.3 Å². The van der Waals surface area contributed by atoms with Crippen molar-refractivity contribution in [2.24, 2.45) is 0 Å². The van der Waals surface area contributed by atoms with E-state index in [0.717, 1.165) is 23.3 Å². The average Bonchev–Trinajstić information content (AvgIpc) is 3.26. The number of anilines is 1. The second kappa shape index (κ2) is 22.0. The van der Waals surface area contributed by atoms with Crippen LogP contribution in [0.5, 0.6) is 23.0 Å². The van der Waals surface area contributed by atoms with E-state index in [9.17, 15) is 24.0 Å². The number of ether oxygens (including phenoxy) is 6. The Kier molecular flexibility index (Phi) is 15.7. The van der Waals surface area contributed by atoms with Crippen molar-refractivity contribution in [3.05, 3.63) is 174 Å². The van der Waals surface area contributed by atoms with Crippen LogP contribution in [0.4, 0.5) is 5.69 Å². The molecule has 0 atom stereocenters. The summed E-state index contributed by atoms with van der Waals surface area (Å²) < 4.78 is 32.4. The standard InChI is InChI=1S/C47H39NO11/c1-3-43(49)56-30-8-28-54-38-22-16-35(17-23-38)46(52)58-40-26-27-42(59-47(53)36-18-24-39(25-19-36)55-29-9-31-57-44(50)4-2)41(32-40)45(51)48-37-20-14-34(15-21-37)13-12-33-10-6-5-7-11-33/h3-7,10-11,14-27,32H,1-2,8-9,28-31H2,(H,48,51). The highest BCUT2D eigenvalue weighted by Crippen LogP contribution is 2.28. The summed E-state index contributed by atoms with van der Waals surface area (Å²) in [4.78, 5) is 62.5. The van der Waals surface area contributed by atoms with E-state index in [0.29, 0.717) is 30.0 Å². The molecule has 0 spiro atoms. The molecule has 1 amide bonds. The van der Waals surface area contributed by atoms with Crippen molar-refractivity contribution >= 4 is 35.5 Å². The van der Waals surface area contributed by atoms with E-state index >= 15 is 0 Å². The number of carbonyl (C=O) groups is 5. The Morgan fingerprint density at radius 3 is 1.56 bits per heavy atom. The predicted molar refractivity (Wildman–Crippen MR) is 219 cm³/mol. The maximum Gasteiger partial charge on any atom is 0.343 e. The Morgan fingerprint density at radius 2 is 1.03 bits per heavy atom. The van der Waals surface area contributed by atoms with Crippen LogP contribution >= 0.6 is 0 Å². The Labute approximate surface area is 341 Å². The van der Waals surface area contributed by atoms with E-state index in [4.69, 9.17) is 28.4 Å². The zero-order valence-electron chi connectivity index (χ0n) is 31.8. The van der Waals surface area contributed by atoms with Crippen LogP contribution in [0.2, 0.25) is 0 Å². The van der Waals surface area contributed by atoms with Gasteiger partial charge in [-0.1, -0.05) is 43.2 Å². The van der Waals surface area contributed by atoms with Gasteiger partial charge >= 0.3 is 23.9 Å². The molecule has 5 aromatic carbocycles. The molecule has 0 unspecified atom stereocenters. The van der Waals surface area contributed by atoms with E-state index in [1.807, 2.05) is 30.3 Å². The molecule has 59 heavy (non-hydrogen) atoms. The summed E-state index contributed by atoms with van der Waals surface area (Å²) in [5.74, 6) is 3.92. The van der Waals surface area contributed by atoms with Gasteiger partial charge in [0.05, 0.1) is 43.1 Å². The average molecular weight is 794 g/mol. The largest absolute Gasteiger partial charge is 0.493 e. The van der Waals surface area contributed by atoms with Gasteiger partial charge in [0, 0.05) is 41.8 Å². The molecule has 1 N–H and O–H groups in total. The molecular formula is C47H39NO11. The summed E-state index contributed by atoms with van der Waals surface area (Å²) in [6.45, 7) is 7.58. The molecule has 0 heterocycles. The molecule has 0 aliphatic carbocycles. The smallest absolute Gasteiger partial charge is 0.343 e. The lowest BCUT2D eigenvalue weighted by molar-refractivity contribution is -0.138. The van der Waals surface area contributed by atoms with Crippen LogP contribution in [-0.2, 0) is 19.1 Å². The lowest BCUT2D eigenvalue weighted by Gasteiger charge is -2.13. The van der Waals surface area contributed by atoms with Crippen LogP contribution < -0.4 is 24.3 Å². The summed E-state index contributed by atoms with van der Waals surface area (Å²) in [5.41, 5.74) is 2.33. The van der Waals surface area contributed by atoms with Gasteiger partial charge in [0.1, 0.15) is 23.0 Å². The molecule has 0 fully saturated rings. The third-order valence-corrected chi connectivity index (χ3v) is 7.99. The maximum atomic E-state index is 13.8. The van der Waals surface area contributed by atoms with E-state index in [-0.39, 0.29) is 54.6 Å². The van der Waals surface area contributed by atoms with Gasteiger partial charge in [0.2, 0.25) is 0 Å². The number of rotatable bonds is 18. The minimum atomic E-state index is -0.756. The molecule has 12 nitrogen and oxygen atoms in total. The van der Waals surface area contributed by atoms with Crippen LogP contribution in [-0.4, -0.2) is 56.2 Å². The minimum absolute atomic E-state index is 0.0154. The van der Waals surface area contributed by atoms with Crippen molar-refractivity contribution in [2.45, 2.75) is 12.8 Å². The number of nitrogens with one attached hydrogen (secondary N) is 1. The van der Waals surface area contributed by atoms with E-state index < -0.39 is 29.8 Å². The number of carbonyl (C=O) groups excluding carboxylic acids is 5. The summed E-state index contributed by atoms with van der Waals surface area (Å²) in [7, 11) is 0. The molecule has 0 bridgehead atoms. The Hall–Kier alpha value is -7.91. The number of hydrogen-bond donors (Lipinski definition) is 1. The van der Waals surface area contributed by atoms with Gasteiger partial charge in [0.25, 0.3) is 5.91 Å². The first-order valence-corrected chi connectivity index (χ1v) is 18.3. The number of benzene rings is 5. The SMILES string of the molecule is C=CC(=O)OCCCOc1ccc(C(=O)Oc2ccc(OC(=O)c3ccc(OCCCOC(=O)C=C)cc3)c(C(=O)Nc3ccc(C#Cc4ccccc4)cc3)c2)cc1. The molecule has 0 aliphatic rings. The number of amides is 1. The molecule has 5 aromatic rings. The highest BCUT2D eigenvalue weighted by molar-refractivity contribution is 6.07. The van der Waals surface area contributed by atoms with Crippen LogP contribution in [0.25, 0.3) is 0 Å². The summed E-state index contributed by atoms with van der Waals surface area (Å²) in [5, 5.41) is 2.80. The summed E-state index contributed by atoms with van der Waals surface area (Å²) in [6, 6.07) is 32.9. The fourth-order valence-electron chi connectivity index (χ4n) is 5.00. The fourth-order valence-corrected chi connectivity index (χ4v) is 5.00. The normalized spacial score (nSPS) is 10.1. The van der Waals surface area contributed by atoms with Gasteiger partial charge in [-0.05, 0) is 103 Å². The molecule has 0 saturated heterocycles. The Morgan fingerprint density at radius 1 is 0.542 bits per heavy atom. The molecule has 0 saturated carbocycles. The topological polar surface area (TPSA) is 153 Å². The van der Waals surface area contributed by atoms with Crippen LogP contribution in [0.3, 0.4) is 0 Å². The molecule has 0 aromatic heterocycles. The third kappa shape index (κ3) is 13.7. The number of esters is 4. The molecular weight excluding hydrogens is 755 g/mol. The zero-order valence-corrected chi connectivity index (χ0v) is 31.8. The van der Waals surface area contributed by atoms with Crippen LogP contribution in [0.15, 0.2) is 147 Å². The first-order chi connectivity index (χ1) is 28.7. The fraction of sp³-hybridized carbons (Fsp3) is 0.128. The van der Waals surface area contributed by atoms with Crippen molar-refractivity contribution in [3.8, 4) is 34.8 Å². The highest BCUT2D eigenvalue weighted by Gasteiger charge is 2.20. The third-order valence-electron chi connectivity index (χ3n) is 7.99. The van der Waals surface area contributed by atoms with Crippen LogP contribution in [0.1, 0.15) is 55.0 Å². The predicted octanol–water partition coefficient (Wildman–Crippen LogP) is 7.77. The van der Waals surface area contributed by atoms with Gasteiger partial charge in [-0.3, -0.25) is 4.79 Å². The lowest BCUT2D eigenvalue weighted by atomic mass is 10.1. The van der Waals surface area contributed by atoms with Crippen molar-refractivity contribution in [1.82, 2.24) is 0 Å². The van der Waals surface area contributed by atoms with Crippen molar-refractivity contribution in [1.29, 1.82) is 0 Å². The maximum absolute atomic E-state index is 13.8. The molecule has 0 aliphatic heterocycles. The zero-order chi connectivity index (χ0) is 41.8. The highest BCUT2D eigenvalue weighted by atomic mass is 16.5. The van der Waals surface area contributed by atoms with Gasteiger partial charge < -0.3 is 33.7 Å². The van der Waals surface area contributed by atoms with E-state index in [1.165, 1.54) is 42.5 Å². The van der Waals surface area contributed by atoms with Crippen molar-refractivity contribution in [2.75, 3.05) is 31.7 Å². The lowest BCUT2D eigenvalue weighted by Crippen LogP contribution is -2.17. The monoisotopic (exact) mass is 793 g/mol. The van der Waals surface area contributed by atoms with Gasteiger partial charge in [0.15, 0.2) is 0 Å². The van der Waals surface area contributed by atoms with E-state index in [1.54, 1.807) is 48.5 Å². The first-order valence-electron chi connectivity index (χ1n) is 18.3. The molecule has 0 radical (unpaired) electrons. The van der Waals surface area contributed by atoms with Crippen molar-refractivity contribution < 1.29 is 52.4 Å². The van der Waals surface area contributed by atoms with Crippen LogP contribution in [0, 0.1) is 11.8 Å². The molecule has 5 rings (SSSR count). The second-order valence-corrected chi connectivity index (χ2v) is 12.3. The first kappa shape index (κ1) is 42.2. The van der Waals surface area contributed by atoms with Crippen molar-refractivity contribution in [3.63, 3.8) is 0 Å². The quantitative estimate of drug-likeness (QED) is 0.0304. The Bertz CT molecular complexity index is 2320. The second-order valence-electron chi connectivity index (χ2n) is 12.3. The number of hydrogen-bond acceptors (Lipinski definition) is 11. The van der Waals surface area contributed by atoms with Gasteiger partial charge in [-0.15, -0.1) is 0 Å². The van der Waals surface area contributed by atoms with Gasteiger partial charge in [-0.2, -0.15) is 0 Å². The van der Waals surface area contributed by atoms with Gasteiger partial charge in [-0.25, -0.2) is 19.2 Å². The minimum Gasteiger partial charge on any atom is -0.493 e. The molecule has 12 heteroatoms.